The molecule has 8 heteroatoms. The highest BCUT2D eigenvalue weighted by atomic mass is 35.5. The van der Waals surface area contributed by atoms with Gasteiger partial charge in [0.15, 0.2) is 5.16 Å². The molecule has 41 heavy (non-hydrogen) atoms. The van der Waals surface area contributed by atoms with Crippen LogP contribution >= 0.6 is 34.7 Å². The van der Waals surface area contributed by atoms with Crippen LogP contribution in [-0.2, 0) is 4.79 Å². The molecule has 2 aromatic heterocycles. The largest absolute Gasteiger partial charge is 0.342 e. The lowest BCUT2D eigenvalue weighted by atomic mass is 9.97. The molecule has 5 aromatic rings. The maximum absolute atomic E-state index is 13.2. The molecule has 3 aromatic carbocycles. The number of hydrogen-bond donors (Lipinski definition) is 0. The molecule has 0 unspecified atom stereocenters. The van der Waals surface area contributed by atoms with Gasteiger partial charge >= 0.3 is 0 Å². The van der Waals surface area contributed by atoms with Crippen LogP contribution in [0.5, 0.6) is 0 Å². The number of aryl methyl sites for hydroxylation is 1. The third-order valence-corrected chi connectivity index (χ3v) is 10.1. The Labute approximate surface area is 254 Å². The zero-order valence-electron chi connectivity index (χ0n) is 23.5. The summed E-state index contributed by atoms with van der Waals surface area (Å²) in [5, 5.41) is 2.78. The molecule has 5 nitrogen and oxygen atoms in total. The molecule has 210 valence electrons. The second-order valence-electron chi connectivity index (χ2n) is 10.9. The van der Waals surface area contributed by atoms with Crippen LogP contribution in [0.1, 0.15) is 49.2 Å². The third-order valence-electron chi connectivity index (χ3n) is 7.68. The summed E-state index contributed by atoms with van der Waals surface area (Å²) in [6, 6.07) is 25.1. The van der Waals surface area contributed by atoms with E-state index in [2.05, 4.69) is 55.7 Å². The monoisotopic (exact) mass is 600 g/mol. The number of benzene rings is 3. The van der Waals surface area contributed by atoms with E-state index >= 15 is 0 Å². The van der Waals surface area contributed by atoms with Gasteiger partial charge in [-0.2, -0.15) is 0 Å². The van der Waals surface area contributed by atoms with Gasteiger partial charge in [0, 0.05) is 35.6 Å². The first kappa shape index (κ1) is 28.0. The standard InChI is InChI=1S/C33H33ClN4OS2/c1-21(2)38-28-7-5-4-6-27(28)35-33(38)40-20-29(39)37-18-16-25(17-19-37)32-36-30(23-12-14-26(34)15-13-23)31(41-32)24-10-8-22(3)9-11-24/h4-15,21,25H,16-20H2,1-3H3. The summed E-state index contributed by atoms with van der Waals surface area (Å²) in [7, 11) is 0. The van der Waals surface area contributed by atoms with Crippen molar-refractivity contribution in [2.75, 3.05) is 18.8 Å². The number of rotatable bonds is 7. The highest BCUT2D eigenvalue weighted by molar-refractivity contribution is 7.99. The van der Waals surface area contributed by atoms with Crippen molar-refractivity contribution in [2.45, 2.75) is 50.7 Å². The molecule has 6 rings (SSSR count). The van der Waals surface area contributed by atoms with Crippen molar-refractivity contribution in [2.24, 2.45) is 0 Å². The number of imidazole rings is 1. The fourth-order valence-corrected chi connectivity index (χ4v) is 7.87. The summed E-state index contributed by atoms with van der Waals surface area (Å²) in [6.07, 6.45) is 1.84. The van der Waals surface area contributed by atoms with Crippen molar-refractivity contribution in [3.63, 3.8) is 0 Å². The molecule has 0 bridgehead atoms. The molecule has 1 aliphatic rings. The van der Waals surface area contributed by atoms with Gasteiger partial charge in [0.05, 0.1) is 32.4 Å². The number of thiazole rings is 1. The number of hydrogen-bond acceptors (Lipinski definition) is 5. The first-order valence-electron chi connectivity index (χ1n) is 14.1. The van der Waals surface area contributed by atoms with Crippen LogP contribution in [0.25, 0.3) is 32.7 Å². The summed E-state index contributed by atoms with van der Waals surface area (Å²) in [4.78, 5) is 26.4. The van der Waals surface area contributed by atoms with E-state index in [1.807, 2.05) is 47.4 Å². The van der Waals surface area contributed by atoms with Gasteiger partial charge in [0.25, 0.3) is 0 Å². The van der Waals surface area contributed by atoms with E-state index in [-0.39, 0.29) is 11.9 Å². The van der Waals surface area contributed by atoms with Crippen LogP contribution in [-0.4, -0.2) is 44.2 Å². The minimum atomic E-state index is 0.178. The van der Waals surface area contributed by atoms with E-state index in [9.17, 15) is 4.79 Å². The Morgan fingerprint density at radius 2 is 1.66 bits per heavy atom. The molecule has 1 aliphatic heterocycles. The normalized spacial score (nSPS) is 14.3. The first-order valence-corrected chi connectivity index (χ1v) is 16.3. The molecule has 0 atom stereocenters. The molecule has 1 saturated heterocycles. The molecule has 3 heterocycles. The van der Waals surface area contributed by atoms with Gasteiger partial charge in [0.1, 0.15) is 0 Å². The number of aromatic nitrogens is 3. The summed E-state index contributed by atoms with van der Waals surface area (Å²) in [5.74, 6) is 0.917. The zero-order valence-corrected chi connectivity index (χ0v) is 25.9. The average Bonchev–Trinajstić information content (AvgIpc) is 3.59. The van der Waals surface area contributed by atoms with Gasteiger partial charge in [0.2, 0.25) is 5.91 Å². The fraction of sp³-hybridized carbons (Fsp3) is 0.303. The van der Waals surface area contributed by atoms with Crippen LogP contribution < -0.4 is 0 Å². The zero-order chi connectivity index (χ0) is 28.5. The van der Waals surface area contributed by atoms with Crippen LogP contribution in [0.2, 0.25) is 5.02 Å². The maximum atomic E-state index is 13.2. The number of carbonyl (C=O) groups excluding carboxylic acids is 1. The van der Waals surface area contributed by atoms with Crippen molar-refractivity contribution < 1.29 is 4.79 Å². The molecule has 0 aliphatic carbocycles. The van der Waals surface area contributed by atoms with E-state index < -0.39 is 0 Å². The number of likely N-dealkylation sites (tertiary alicyclic amines) is 1. The molecule has 0 spiro atoms. The Morgan fingerprint density at radius 3 is 2.37 bits per heavy atom. The number of para-hydroxylation sites is 2. The van der Waals surface area contributed by atoms with Crippen LogP contribution in [0.15, 0.2) is 78.0 Å². The van der Waals surface area contributed by atoms with Crippen molar-refractivity contribution >= 4 is 51.6 Å². The average molecular weight is 601 g/mol. The number of nitrogens with zero attached hydrogens (tertiary/aromatic N) is 4. The maximum Gasteiger partial charge on any atom is 0.233 e. The predicted octanol–water partition coefficient (Wildman–Crippen LogP) is 8.87. The summed E-state index contributed by atoms with van der Waals surface area (Å²) < 4.78 is 2.23. The number of thioether (sulfide) groups is 1. The number of fused-ring (bicyclic) bond motifs is 1. The summed E-state index contributed by atoms with van der Waals surface area (Å²) in [6.45, 7) is 7.93. The number of carbonyl (C=O) groups is 1. The molecular formula is C33H33ClN4OS2. The Balaban J connectivity index is 1.15. The predicted molar refractivity (Wildman–Crippen MR) is 172 cm³/mol. The smallest absolute Gasteiger partial charge is 0.233 e. The Hall–Kier alpha value is -3.13. The molecule has 0 radical (unpaired) electrons. The first-order chi connectivity index (χ1) is 19.9. The van der Waals surface area contributed by atoms with Crippen molar-refractivity contribution in [3.8, 4) is 21.7 Å². The van der Waals surface area contributed by atoms with Gasteiger partial charge in [-0.3, -0.25) is 4.79 Å². The van der Waals surface area contributed by atoms with E-state index in [0.29, 0.717) is 11.7 Å². The van der Waals surface area contributed by atoms with Crippen LogP contribution in [0, 0.1) is 6.92 Å². The summed E-state index contributed by atoms with van der Waals surface area (Å²) in [5.41, 5.74) is 6.59. The molecule has 0 saturated carbocycles. The molecule has 0 N–H and O–H groups in total. The minimum absolute atomic E-state index is 0.178. The highest BCUT2D eigenvalue weighted by Crippen LogP contribution is 2.42. The number of piperidine rings is 1. The van der Waals surface area contributed by atoms with E-state index in [0.717, 1.165) is 63.4 Å². The number of halogens is 1. The van der Waals surface area contributed by atoms with Gasteiger partial charge in [-0.25, -0.2) is 9.97 Å². The highest BCUT2D eigenvalue weighted by Gasteiger charge is 2.28. The second-order valence-corrected chi connectivity index (χ2v) is 13.3. The molecular weight excluding hydrogens is 568 g/mol. The summed E-state index contributed by atoms with van der Waals surface area (Å²) >= 11 is 9.51. The van der Waals surface area contributed by atoms with Crippen LogP contribution in [0.4, 0.5) is 0 Å². The number of amides is 1. The molecule has 1 amide bonds. The van der Waals surface area contributed by atoms with Gasteiger partial charge in [-0.05, 0) is 63.4 Å². The molecule has 1 fully saturated rings. The Kier molecular flexibility index (Phi) is 8.20. The quantitative estimate of drug-likeness (QED) is 0.175. The Morgan fingerprint density at radius 1 is 0.976 bits per heavy atom. The van der Waals surface area contributed by atoms with Crippen LogP contribution in [0.3, 0.4) is 0 Å². The van der Waals surface area contributed by atoms with E-state index in [1.165, 1.54) is 16.0 Å². The van der Waals surface area contributed by atoms with Crippen molar-refractivity contribution in [3.05, 3.63) is 88.4 Å². The lowest BCUT2D eigenvalue weighted by molar-refractivity contribution is -0.129. The van der Waals surface area contributed by atoms with Crippen molar-refractivity contribution in [1.82, 2.24) is 19.4 Å². The lowest BCUT2D eigenvalue weighted by Gasteiger charge is -2.31. The topological polar surface area (TPSA) is 51.0 Å². The van der Waals surface area contributed by atoms with Gasteiger partial charge < -0.3 is 9.47 Å². The van der Waals surface area contributed by atoms with E-state index in [1.54, 1.807) is 23.1 Å². The third kappa shape index (κ3) is 5.94. The van der Waals surface area contributed by atoms with Crippen molar-refractivity contribution in [1.29, 1.82) is 0 Å². The van der Waals surface area contributed by atoms with E-state index in [4.69, 9.17) is 21.6 Å². The second kappa shape index (κ2) is 12.0. The lowest BCUT2D eigenvalue weighted by Crippen LogP contribution is -2.39. The Bertz CT molecular complexity index is 1600. The fourth-order valence-electron chi connectivity index (χ4n) is 5.43. The van der Waals surface area contributed by atoms with Gasteiger partial charge in [-0.15, -0.1) is 11.3 Å². The minimum Gasteiger partial charge on any atom is -0.342 e. The SMILES string of the molecule is Cc1ccc(-c2sc(C3CCN(C(=O)CSc4nc5ccccc5n4C(C)C)CC3)nc2-c2ccc(Cl)cc2)cc1. The van der Waals surface area contributed by atoms with Gasteiger partial charge in [-0.1, -0.05) is 77.5 Å².